The Kier molecular flexibility index (Phi) is 5.63. The summed E-state index contributed by atoms with van der Waals surface area (Å²) in [6, 6.07) is 52.4. The Morgan fingerprint density at radius 1 is 0.542 bits per heavy atom. The van der Waals surface area contributed by atoms with Gasteiger partial charge in [-0.15, -0.1) is 0 Å². The van der Waals surface area contributed by atoms with E-state index in [-0.39, 0.29) is 5.41 Å². The summed E-state index contributed by atoms with van der Waals surface area (Å²) in [6.45, 7) is 4.71. The molecule has 0 bridgehead atoms. The van der Waals surface area contributed by atoms with Crippen LogP contribution in [0.4, 0.5) is 0 Å². The molecule has 0 N–H and O–H groups in total. The molecule has 0 aliphatic heterocycles. The molecule has 10 rings (SSSR count). The van der Waals surface area contributed by atoms with Crippen LogP contribution in [0.2, 0.25) is 0 Å². The number of hydrogen-bond donors (Lipinski definition) is 0. The van der Waals surface area contributed by atoms with Crippen LogP contribution in [0, 0.1) is 0 Å². The van der Waals surface area contributed by atoms with Crippen LogP contribution in [0.1, 0.15) is 25.0 Å². The zero-order chi connectivity index (χ0) is 32.0. The summed E-state index contributed by atoms with van der Waals surface area (Å²) in [5, 5.41) is 5.96. The van der Waals surface area contributed by atoms with E-state index in [4.69, 9.17) is 9.97 Å². The summed E-state index contributed by atoms with van der Waals surface area (Å²) in [7, 11) is 0. The molecular formula is C45H31N3. The third-order valence-corrected chi connectivity index (χ3v) is 10.4. The maximum Gasteiger partial charge on any atom is 0.160 e. The number of rotatable bonds is 3. The van der Waals surface area contributed by atoms with Crippen LogP contribution in [-0.4, -0.2) is 14.5 Å². The normalized spacial score (nSPS) is 13.4. The third kappa shape index (κ3) is 3.82. The molecule has 0 amide bonds. The molecule has 1 aliphatic rings. The van der Waals surface area contributed by atoms with E-state index in [2.05, 4.69) is 164 Å². The molecule has 226 valence electrons. The predicted molar refractivity (Wildman–Crippen MR) is 200 cm³/mol. The molecule has 0 atom stereocenters. The summed E-state index contributed by atoms with van der Waals surface area (Å²) in [6.07, 6.45) is 2.03. The fraction of sp³-hybridized carbons (Fsp3) is 0.0667. The van der Waals surface area contributed by atoms with Crippen molar-refractivity contribution in [2.45, 2.75) is 19.3 Å². The van der Waals surface area contributed by atoms with Crippen molar-refractivity contribution in [1.82, 2.24) is 14.5 Å². The third-order valence-electron chi connectivity index (χ3n) is 10.4. The number of hydrogen-bond acceptors (Lipinski definition) is 2. The summed E-state index contributed by atoms with van der Waals surface area (Å²) in [5.41, 5.74) is 12.8. The van der Waals surface area contributed by atoms with Crippen molar-refractivity contribution in [2.24, 2.45) is 0 Å². The van der Waals surface area contributed by atoms with Gasteiger partial charge in [0.2, 0.25) is 0 Å². The zero-order valence-electron chi connectivity index (χ0n) is 26.8. The Morgan fingerprint density at radius 2 is 1.29 bits per heavy atom. The quantitative estimate of drug-likeness (QED) is 0.198. The smallest absolute Gasteiger partial charge is 0.160 e. The topological polar surface area (TPSA) is 30.7 Å². The maximum absolute atomic E-state index is 5.45. The lowest BCUT2D eigenvalue weighted by atomic mass is 9.81. The van der Waals surface area contributed by atoms with Crippen molar-refractivity contribution >= 4 is 43.5 Å². The Hall–Kier alpha value is -6.06. The van der Waals surface area contributed by atoms with Crippen LogP contribution < -0.4 is 0 Å². The molecule has 0 radical (unpaired) electrons. The molecule has 7 aromatic carbocycles. The number of aromatic nitrogens is 3. The van der Waals surface area contributed by atoms with Crippen LogP contribution >= 0.6 is 0 Å². The highest BCUT2D eigenvalue weighted by Crippen LogP contribution is 2.53. The van der Waals surface area contributed by atoms with Gasteiger partial charge in [0, 0.05) is 22.1 Å². The van der Waals surface area contributed by atoms with Crippen LogP contribution in [0.25, 0.3) is 82.8 Å². The maximum atomic E-state index is 5.45. The van der Waals surface area contributed by atoms with Crippen LogP contribution in [-0.2, 0) is 5.41 Å². The van der Waals surface area contributed by atoms with Crippen molar-refractivity contribution in [3.8, 4) is 39.3 Å². The lowest BCUT2D eigenvalue weighted by molar-refractivity contribution is 0.666. The second-order valence-corrected chi connectivity index (χ2v) is 13.5. The average molecular weight is 614 g/mol. The van der Waals surface area contributed by atoms with Gasteiger partial charge in [-0.1, -0.05) is 135 Å². The molecule has 2 heterocycles. The van der Waals surface area contributed by atoms with E-state index < -0.39 is 0 Å². The van der Waals surface area contributed by atoms with Gasteiger partial charge in [0.15, 0.2) is 5.82 Å². The molecule has 0 saturated heterocycles. The summed E-state index contributed by atoms with van der Waals surface area (Å²) in [5.74, 6) is 0.747. The lowest BCUT2D eigenvalue weighted by Crippen LogP contribution is -2.15. The van der Waals surface area contributed by atoms with Crippen molar-refractivity contribution in [2.75, 3.05) is 0 Å². The molecule has 0 fully saturated rings. The van der Waals surface area contributed by atoms with Gasteiger partial charge in [-0.2, -0.15) is 0 Å². The van der Waals surface area contributed by atoms with E-state index in [0.717, 1.165) is 39.0 Å². The highest BCUT2D eigenvalue weighted by atomic mass is 15.0. The monoisotopic (exact) mass is 613 g/mol. The van der Waals surface area contributed by atoms with Crippen molar-refractivity contribution in [3.05, 3.63) is 163 Å². The van der Waals surface area contributed by atoms with Crippen molar-refractivity contribution in [3.63, 3.8) is 0 Å². The summed E-state index contributed by atoms with van der Waals surface area (Å²) < 4.78 is 2.36. The van der Waals surface area contributed by atoms with E-state index in [1.165, 1.54) is 54.9 Å². The number of nitrogens with zero attached hydrogens (tertiary/aromatic N) is 3. The first-order chi connectivity index (χ1) is 23.6. The minimum absolute atomic E-state index is 0.188. The Morgan fingerprint density at radius 3 is 2.21 bits per heavy atom. The lowest BCUT2D eigenvalue weighted by Gasteiger charge is -2.22. The summed E-state index contributed by atoms with van der Waals surface area (Å²) >= 11 is 0. The van der Waals surface area contributed by atoms with Crippen LogP contribution in [0.3, 0.4) is 0 Å². The molecule has 3 nitrogen and oxygen atoms in total. The largest absolute Gasteiger partial charge is 0.306 e. The van der Waals surface area contributed by atoms with Crippen molar-refractivity contribution < 1.29 is 0 Å². The number of benzene rings is 7. The highest BCUT2D eigenvalue weighted by molar-refractivity contribution is 6.13. The van der Waals surface area contributed by atoms with Crippen LogP contribution in [0.5, 0.6) is 0 Å². The molecule has 9 aromatic rings. The first-order valence-corrected chi connectivity index (χ1v) is 16.6. The molecule has 2 aromatic heterocycles. The van der Waals surface area contributed by atoms with Gasteiger partial charge >= 0.3 is 0 Å². The Labute approximate surface area is 278 Å². The van der Waals surface area contributed by atoms with Gasteiger partial charge in [-0.25, -0.2) is 9.97 Å². The first kappa shape index (κ1) is 27.1. The van der Waals surface area contributed by atoms with Crippen molar-refractivity contribution in [1.29, 1.82) is 0 Å². The Balaban J connectivity index is 1.25. The second-order valence-electron chi connectivity index (χ2n) is 13.5. The molecule has 1 aliphatic carbocycles. The fourth-order valence-electron chi connectivity index (χ4n) is 8.15. The van der Waals surface area contributed by atoms with Gasteiger partial charge in [0.05, 0.1) is 17.2 Å². The van der Waals surface area contributed by atoms with E-state index in [1.54, 1.807) is 0 Å². The molecule has 0 unspecified atom stereocenters. The van der Waals surface area contributed by atoms with Gasteiger partial charge in [0.25, 0.3) is 0 Å². The van der Waals surface area contributed by atoms with E-state index in [9.17, 15) is 0 Å². The second kappa shape index (κ2) is 9.97. The average Bonchev–Trinajstić information content (AvgIpc) is 3.59. The fourth-order valence-corrected chi connectivity index (χ4v) is 8.15. The highest BCUT2D eigenvalue weighted by Gasteiger charge is 2.38. The van der Waals surface area contributed by atoms with Gasteiger partial charge in [0.1, 0.15) is 5.52 Å². The van der Waals surface area contributed by atoms with Gasteiger partial charge in [-0.3, -0.25) is 0 Å². The molecule has 0 spiro atoms. The molecule has 48 heavy (non-hydrogen) atoms. The van der Waals surface area contributed by atoms with Crippen LogP contribution in [0.15, 0.2) is 152 Å². The zero-order valence-corrected chi connectivity index (χ0v) is 26.8. The van der Waals surface area contributed by atoms with E-state index in [1.807, 2.05) is 6.20 Å². The number of fused-ring (bicyclic) bond motifs is 9. The van der Waals surface area contributed by atoms with Gasteiger partial charge < -0.3 is 4.57 Å². The van der Waals surface area contributed by atoms with E-state index >= 15 is 0 Å². The molecule has 3 heteroatoms. The molecule has 0 saturated carbocycles. The first-order valence-electron chi connectivity index (χ1n) is 16.6. The standard InChI is InChI=1S/C45H31N3/c1-45(2)38-18-9-8-16-35(38)36-23-24-39-41(42(36)45)43-40(27-46-44(47-43)37-17-10-14-29-13-6-7-15-34(29)37)48(39)33-22-21-31-25-30(19-20-32(31)26-33)28-11-4-3-5-12-28/h3-27H,1-2H3. The van der Waals surface area contributed by atoms with E-state index in [0.29, 0.717) is 0 Å². The summed E-state index contributed by atoms with van der Waals surface area (Å²) in [4.78, 5) is 10.5. The Bertz CT molecular complexity index is 2750. The van der Waals surface area contributed by atoms with Gasteiger partial charge in [-0.05, 0) is 79.2 Å². The minimum atomic E-state index is -0.188. The minimum Gasteiger partial charge on any atom is -0.306 e. The molecular weight excluding hydrogens is 583 g/mol. The predicted octanol–water partition coefficient (Wildman–Crippen LogP) is 11.5. The SMILES string of the molecule is CC1(C)c2ccccc2-c2ccc3c(c21)c1nc(-c2cccc4ccccc24)ncc1n3-c1ccc2cc(-c3ccccc3)ccc2c1.